The first-order valence-electron chi connectivity index (χ1n) is 8.98. The molecule has 6 nitrogen and oxygen atoms in total. The molecule has 0 saturated carbocycles. The predicted octanol–water partition coefficient (Wildman–Crippen LogP) is 4.39. The van der Waals surface area contributed by atoms with Crippen LogP contribution >= 0.6 is 0 Å². The third-order valence-electron chi connectivity index (χ3n) is 4.57. The van der Waals surface area contributed by atoms with Gasteiger partial charge in [0.05, 0.1) is 0 Å². The third-order valence-corrected chi connectivity index (χ3v) is 47.7. The van der Waals surface area contributed by atoms with Gasteiger partial charge < -0.3 is 9.11 Å². The first-order chi connectivity index (χ1) is 14.6. The Morgan fingerprint density at radius 1 is 0.818 bits per heavy atom. The van der Waals surface area contributed by atoms with Gasteiger partial charge in [-0.05, 0) is 0 Å². The van der Waals surface area contributed by atoms with E-state index in [2.05, 4.69) is 63.4 Å². The van der Waals surface area contributed by atoms with Crippen LogP contribution < -0.4 is 0 Å². The summed E-state index contributed by atoms with van der Waals surface area (Å²) in [6.07, 6.45) is 16.6. The van der Waals surface area contributed by atoms with Gasteiger partial charge in [0.2, 0.25) is 0 Å². The summed E-state index contributed by atoms with van der Waals surface area (Å²) >= 11 is -2.51. The van der Waals surface area contributed by atoms with Crippen molar-refractivity contribution in [2.75, 3.05) is 0 Å². The molecule has 2 aliphatic carbocycles. The molecule has 0 spiro atoms. The molecule has 0 N–H and O–H groups in total. The molecule has 0 saturated heterocycles. The normalized spacial score (nSPS) is 15.3. The van der Waals surface area contributed by atoms with Gasteiger partial charge in [0.25, 0.3) is 0 Å². The van der Waals surface area contributed by atoms with E-state index in [1.165, 1.54) is 12.8 Å². The van der Waals surface area contributed by atoms with E-state index in [0.29, 0.717) is 0 Å². The van der Waals surface area contributed by atoms with Crippen LogP contribution in [0.2, 0.25) is 13.1 Å². The molecule has 2 aliphatic rings. The number of alkyl halides is 6. The molecule has 0 unspecified atom stereocenters. The molecule has 188 valence electrons. The summed E-state index contributed by atoms with van der Waals surface area (Å²) in [5, 5.41) is 0. The first kappa shape index (κ1) is 32.3. The summed E-state index contributed by atoms with van der Waals surface area (Å²) in [6.45, 7) is 9.93. The van der Waals surface area contributed by atoms with Crippen molar-refractivity contribution in [1.29, 1.82) is 0 Å². The van der Waals surface area contributed by atoms with Crippen molar-refractivity contribution in [3.8, 4) is 0 Å². The summed E-state index contributed by atoms with van der Waals surface area (Å²) in [4.78, 5) is 0. The van der Waals surface area contributed by atoms with Crippen LogP contribution in [0.3, 0.4) is 0 Å². The monoisotopic (exact) mass is 708 g/mol. The zero-order valence-electron chi connectivity index (χ0n) is 17.9. The van der Waals surface area contributed by atoms with Gasteiger partial charge in [-0.3, -0.25) is 0 Å². The molecule has 0 aromatic carbocycles. The largest absolute Gasteiger partial charge is 0.741 e. The van der Waals surface area contributed by atoms with Crippen LogP contribution in [-0.2, 0) is 38.3 Å². The molecule has 0 bridgehead atoms. The van der Waals surface area contributed by atoms with Crippen molar-refractivity contribution in [2.24, 2.45) is 0 Å². The summed E-state index contributed by atoms with van der Waals surface area (Å²) in [6, 6.07) is 0. The molecule has 0 fully saturated rings. The van der Waals surface area contributed by atoms with Crippen molar-refractivity contribution in [1.82, 2.24) is 0 Å². The molecule has 2 rings (SSSR count). The maximum atomic E-state index is 10.7. The van der Waals surface area contributed by atoms with Crippen LogP contribution in [0.5, 0.6) is 0 Å². The maximum absolute atomic E-state index is 10.7. The SMILES string of the molecule is C[C](C)=[Hf+2]([C]1=CC=CC1)([C]1=CC=CC1)=[Si](C)C.O=S(=O)([O-])C(F)(F)F.O=S(=O)([O-])C(F)(F)F. The van der Waals surface area contributed by atoms with Gasteiger partial charge in [-0.2, -0.15) is 26.3 Å². The minimum absolute atomic E-state index is 0.229. The second-order valence-corrected chi connectivity index (χ2v) is 42.5. The van der Waals surface area contributed by atoms with Crippen molar-refractivity contribution in [3.05, 3.63) is 43.1 Å². The average molecular weight is 707 g/mol. The fourth-order valence-corrected chi connectivity index (χ4v) is 45.0. The van der Waals surface area contributed by atoms with Crippen LogP contribution in [0.1, 0.15) is 26.7 Å². The van der Waals surface area contributed by atoms with Gasteiger partial charge in [0, 0.05) is 0 Å². The third kappa shape index (κ3) is 8.80. The van der Waals surface area contributed by atoms with Crippen LogP contribution in [-0.4, -0.2) is 45.7 Å². The van der Waals surface area contributed by atoms with Crippen LogP contribution in [0.25, 0.3) is 0 Å². The molecule has 0 heterocycles. The summed E-state index contributed by atoms with van der Waals surface area (Å²) in [7, 11) is -12.2. The second-order valence-electron chi connectivity index (χ2n) is 7.20. The zero-order valence-corrected chi connectivity index (χ0v) is 24.1. The first-order valence-corrected chi connectivity index (χ1v) is 25.1. The van der Waals surface area contributed by atoms with Crippen molar-refractivity contribution in [3.63, 3.8) is 0 Å². The van der Waals surface area contributed by atoms with E-state index in [0.717, 1.165) is 0 Å². The molecule has 33 heavy (non-hydrogen) atoms. The smallest absolute Gasteiger partial charge is 0.485 e. The van der Waals surface area contributed by atoms with Gasteiger partial charge in [-0.25, -0.2) is 16.8 Å². The molecule has 0 aromatic rings. The Bertz CT molecular complexity index is 1090. The van der Waals surface area contributed by atoms with Gasteiger partial charge >= 0.3 is 121 Å². The summed E-state index contributed by atoms with van der Waals surface area (Å²) in [5.74, 6) is 0. The van der Waals surface area contributed by atoms with E-state index in [9.17, 15) is 26.3 Å². The van der Waals surface area contributed by atoms with Crippen molar-refractivity contribution < 1.29 is 70.4 Å². The van der Waals surface area contributed by atoms with E-state index in [1.807, 2.05) is 6.66 Å². The number of allylic oxidation sites excluding steroid dienone is 8. The van der Waals surface area contributed by atoms with E-state index >= 15 is 0 Å². The van der Waals surface area contributed by atoms with Gasteiger partial charge in [0.15, 0.2) is 20.2 Å². The van der Waals surface area contributed by atoms with Crippen molar-refractivity contribution in [2.45, 2.75) is 50.8 Å². The molecular weight excluding hydrogens is 685 g/mol. The molecule has 0 atom stereocenters. The fourth-order valence-electron chi connectivity index (χ4n) is 3.44. The summed E-state index contributed by atoms with van der Waals surface area (Å²) < 4.78 is 123. The van der Waals surface area contributed by atoms with Gasteiger partial charge in [0.1, 0.15) is 0 Å². The summed E-state index contributed by atoms with van der Waals surface area (Å²) in [5.41, 5.74) is -11.5. The average Bonchev–Trinajstić information content (AvgIpc) is 3.26. The van der Waals surface area contributed by atoms with Gasteiger partial charge in [-0.1, -0.05) is 0 Å². The molecule has 0 radical (unpaired) electrons. The Morgan fingerprint density at radius 3 is 1.21 bits per heavy atom. The number of hydrogen-bond donors (Lipinski definition) is 0. The maximum Gasteiger partial charge on any atom is 0.485 e. The minimum Gasteiger partial charge on any atom is -0.741 e. The van der Waals surface area contributed by atoms with Crippen molar-refractivity contribution >= 4 is 29.0 Å². The Kier molecular flexibility index (Phi) is 11.6. The Labute approximate surface area is 192 Å². The zero-order chi connectivity index (χ0) is 26.5. The molecule has 0 aliphatic heterocycles. The topological polar surface area (TPSA) is 114 Å². The number of halogens is 6. The Balaban J connectivity index is 0.000000539. The minimum atomic E-state index is -6.09. The fraction of sp³-hybridized carbons (Fsp3) is 0.471. The van der Waals surface area contributed by atoms with Crippen LogP contribution in [0, 0.1) is 0 Å². The van der Waals surface area contributed by atoms with Crippen LogP contribution in [0.4, 0.5) is 26.3 Å². The second kappa shape index (κ2) is 11.8. The number of hydrogen-bond acceptors (Lipinski definition) is 6. The van der Waals surface area contributed by atoms with E-state index < -0.39 is 49.4 Å². The number of rotatable bonds is 2. The van der Waals surface area contributed by atoms with E-state index in [1.54, 1.807) is 3.26 Å². The molecule has 16 heteroatoms. The molecular formula is C17H22F6HfO6S2Si. The van der Waals surface area contributed by atoms with Crippen LogP contribution in [0.15, 0.2) is 43.1 Å². The predicted molar refractivity (Wildman–Crippen MR) is 109 cm³/mol. The van der Waals surface area contributed by atoms with E-state index in [4.69, 9.17) is 25.9 Å². The Hall–Kier alpha value is -0.683. The quantitative estimate of drug-likeness (QED) is 0.182. The Morgan fingerprint density at radius 2 is 1.09 bits per heavy atom. The molecule has 0 amide bonds. The molecule has 0 aromatic heterocycles. The van der Waals surface area contributed by atoms with E-state index in [-0.39, 0.29) is 5.49 Å². The van der Waals surface area contributed by atoms with Gasteiger partial charge in [-0.15, -0.1) is 0 Å². The standard InChI is InChI=1S/2C5H5.C3H6.C2H6Si.2CHF3O3S.Hf/c2*1-2-4-5-3-1;2*1-3-2;2*2-1(3,4)8(5,6)7;/h2*1-3H,4H2;2*1-2H3;2*(H,5,6,7);/q;;;;;;+2/p-2.